The molecule has 2 atom stereocenters. The van der Waals surface area contributed by atoms with Gasteiger partial charge in [0.15, 0.2) is 5.13 Å². The van der Waals surface area contributed by atoms with Crippen LogP contribution in [0.15, 0.2) is 6.20 Å². The lowest BCUT2D eigenvalue weighted by atomic mass is 10.1. The molecule has 1 N–H and O–H groups in total. The molecule has 1 aliphatic rings. The molecule has 1 fully saturated rings. The van der Waals surface area contributed by atoms with Crippen LogP contribution in [0.4, 0.5) is 5.13 Å². The van der Waals surface area contributed by atoms with E-state index in [0.717, 1.165) is 24.1 Å². The number of hydrogen-bond acceptors (Lipinski definition) is 5. The first-order chi connectivity index (χ1) is 8.60. The van der Waals surface area contributed by atoms with Crippen molar-refractivity contribution in [2.24, 2.45) is 5.92 Å². The average Bonchev–Trinajstić information content (AvgIpc) is 2.87. The van der Waals surface area contributed by atoms with Gasteiger partial charge in [0.1, 0.15) is 0 Å². The maximum absolute atomic E-state index is 4.39. The number of nitrogens with one attached hydrogen (secondary N) is 1. The topological polar surface area (TPSA) is 31.4 Å². The molecular formula is C13H24N4S. The van der Waals surface area contributed by atoms with Crippen molar-refractivity contribution in [3.8, 4) is 0 Å². The summed E-state index contributed by atoms with van der Waals surface area (Å²) in [6.07, 6.45) is 2.01. The van der Waals surface area contributed by atoms with Crippen LogP contribution in [0.1, 0.15) is 18.7 Å². The molecule has 0 saturated carbocycles. The minimum absolute atomic E-state index is 0.686. The highest BCUT2D eigenvalue weighted by atomic mass is 32.1. The Morgan fingerprint density at radius 1 is 1.50 bits per heavy atom. The summed E-state index contributed by atoms with van der Waals surface area (Å²) < 4.78 is 0. The van der Waals surface area contributed by atoms with E-state index < -0.39 is 0 Å². The lowest BCUT2D eigenvalue weighted by Gasteiger charge is -2.22. The third-order valence-corrected chi connectivity index (χ3v) is 4.51. The Morgan fingerprint density at radius 2 is 2.28 bits per heavy atom. The molecule has 18 heavy (non-hydrogen) atoms. The van der Waals surface area contributed by atoms with Crippen LogP contribution in [-0.4, -0.2) is 54.6 Å². The van der Waals surface area contributed by atoms with Crippen LogP contribution in [0.2, 0.25) is 0 Å². The highest BCUT2D eigenvalue weighted by Gasteiger charge is 2.30. The summed E-state index contributed by atoms with van der Waals surface area (Å²) in [5.41, 5.74) is 0. The molecule has 2 unspecified atom stereocenters. The molecular weight excluding hydrogens is 244 g/mol. The third kappa shape index (κ3) is 3.22. The third-order valence-electron chi connectivity index (χ3n) is 3.57. The van der Waals surface area contributed by atoms with E-state index in [1.54, 1.807) is 11.3 Å². The quantitative estimate of drug-likeness (QED) is 0.884. The van der Waals surface area contributed by atoms with Crippen molar-refractivity contribution in [2.45, 2.75) is 26.4 Å². The van der Waals surface area contributed by atoms with E-state index >= 15 is 0 Å². The van der Waals surface area contributed by atoms with Crippen LogP contribution in [-0.2, 0) is 6.54 Å². The molecule has 1 aromatic heterocycles. The van der Waals surface area contributed by atoms with Gasteiger partial charge in [-0.3, -0.25) is 4.90 Å². The van der Waals surface area contributed by atoms with Crippen molar-refractivity contribution >= 4 is 16.5 Å². The molecule has 0 aromatic carbocycles. The predicted octanol–water partition coefficient (Wildman–Crippen LogP) is 1.96. The normalized spacial score (nSPS) is 24.9. The van der Waals surface area contributed by atoms with Crippen LogP contribution in [0, 0.1) is 5.92 Å². The first kappa shape index (κ1) is 13.8. The van der Waals surface area contributed by atoms with Gasteiger partial charge in [-0.05, 0) is 26.9 Å². The lowest BCUT2D eigenvalue weighted by Crippen LogP contribution is -2.34. The summed E-state index contributed by atoms with van der Waals surface area (Å²) in [6, 6.07) is 0.686. The van der Waals surface area contributed by atoms with Gasteiger partial charge in [0.05, 0.1) is 0 Å². The Balaban J connectivity index is 1.90. The second kappa shape index (κ2) is 5.99. The average molecular weight is 268 g/mol. The molecule has 2 rings (SSSR count). The van der Waals surface area contributed by atoms with E-state index in [4.69, 9.17) is 0 Å². The van der Waals surface area contributed by atoms with Gasteiger partial charge < -0.3 is 10.2 Å². The van der Waals surface area contributed by atoms with Crippen molar-refractivity contribution in [1.82, 2.24) is 14.8 Å². The Kier molecular flexibility index (Phi) is 4.59. The molecule has 0 amide bonds. The summed E-state index contributed by atoms with van der Waals surface area (Å²) in [4.78, 5) is 10.6. The fraction of sp³-hybridized carbons (Fsp3) is 0.769. The lowest BCUT2D eigenvalue weighted by molar-refractivity contribution is 0.250. The summed E-state index contributed by atoms with van der Waals surface area (Å²) in [5, 5.41) is 4.31. The summed E-state index contributed by atoms with van der Waals surface area (Å²) >= 11 is 1.78. The van der Waals surface area contributed by atoms with Gasteiger partial charge in [-0.25, -0.2) is 4.98 Å². The van der Waals surface area contributed by atoms with Crippen LogP contribution < -0.4 is 5.32 Å². The highest BCUT2D eigenvalue weighted by molar-refractivity contribution is 7.15. The van der Waals surface area contributed by atoms with E-state index in [2.05, 4.69) is 48.0 Å². The van der Waals surface area contributed by atoms with Crippen LogP contribution in [0.3, 0.4) is 0 Å². The largest absolute Gasteiger partial charge is 0.362 e. The molecule has 0 spiro atoms. The number of nitrogens with zero attached hydrogens (tertiary/aromatic N) is 3. The molecule has 1 saturated heterocycles. The second-order valence-electron chi connectivity index (χ2n) is 5.36. The first-order valence-corrected chi connectivity index (χ1v) is 7.49. The van der Waals surface area contributed by atoms with Gasteiger partial charge in [-0.15, -0.1) is 11.3 Å². The summed E-state index contributed by atoms with van der Waals surface area (Å²) in [5.74, 6) is 0.751. The molecule has 0 radical (unpaired) electrons. The molecule has 4 nitrogen and oxygen atoms in total. The van der Waals surface area contributed by atoms with E-state index in [-0.39, 0.29) is 0 Å². The zero-order chi connectivity index (χ0) is 13.1. The van der Waals surface area contributed by atoms with Gasteiger partial charge in [-0.2, -0.15) is 0 Å². The zero-order valence-corrected chi connectivity index (χ0v) is 12.6. The van der Waals surface area contributed by atoms with E-state index in [1.165, 1.54) is 18.0 Å². The summed E-state index contributed by atoms with van der Waals surface area (Å²) in [6.45, 7) is 8.79. The molecule has 1 aliphatic heterocycles. The molecule has 0 bridgehead atoms. The predicted molar refractivity (Wildman–Crippen MR) is 78.2 cm³/mol. The second-order valence-corrected chi connectivity index (χ2v) is 6.48. The first-order valence-electron chi connectivity index (χ1n) is 6.67. The standard InChI is InChI=1S/C13H24N4S/c1-5-14-13-15-6-11(18-13)8-17-7-10(2)12(9-17)16(3)4/h6,10,12H,5,7-9H2,1-4H3,(H,14,15). The Bertz CT molecular complexity index is 377. The van der Waals surface area contributed by atoms with E-state index in [9.17, 15) is 0 Å². The van der Waals surface area contributed by atoms with Crippen molar-refractivity contribution < 1.29 is 0 Å². The van der Waals surface area contributed by atoms with E-state index in [0.29, 0.717) is 6.04 Å². The van der Waals surface area contributed by atoms with Crippen LogP contribution in [0.25, 0.3) is 0 Å². The van der Waals surface area contributed by atoms with Crippen LogP contribution in [0.5, 0.6) is 0 Å². The highest BCUT2D eigenvalue weighted by Crippen LogP contribution is 2.25. The number of thiazole rings is 1. The van der Waals surface area contributed by atoms with Crippen molar-refractivity contribution in [3.63, 3.8) is 0 Å². The maximum Gasteiger partial charge on any atom is 0.182 e. The minimum atomic E-state index is 0.686. The minimum Gasteiger partial charge on any atom is -0.362 e. The monoisotopic (exact) mass is 268 g/mol. The molecule has 0 aliphatic carbocycles. The molecule has 5 heteroatoms. The van der Waals surface area contributed by atoms with Crippen LogP contribution >= 0.6 is 11.3 Å². The van der Waals surface area contributed by atoms with Crippen molar-refractivity contribution in [3.05, 3.63) is 11.1 Å². The molecule has 102 valence electrons. The molecule has 1 aromatic rings. The number of likely N-dealkylation sites (N-methyl/N-ethyl adjacent to an activating group) is 1. The van der Waals surface area contributed by atoms with Gasteiger partial charge >= 0.3 is 0 Å². The smallest absolute Gasteiger partial charge is 0.182 e. The van der Waals surface area contributed by atoms with Gasteiger partial charge in [-0.1, -0.05) is 6.92 Å². The fourth-order valence-electron chi connectivity index (χ4n) is 2.68. The number of likely N-dealkylation sites (tertiary alicyclic amines) is 1. The summed E-state index contributed by atoms with van der Waals surface area (Å²) in [7, 11) is 4.36. The number of aromatic nitrogens is 1. The number of hydrogen-bond donors (Lipinski definition) is 1. The Hall–Kier alpha value is -0.650. The molecule has 2 heterocycles. The SMILES string of the molecule is CCNc1ncc(CN2CC(C)C(N(C)C)C2)s1. The van der Waals surface area contributed by atoms with Crippen molar-refractivity contribution in [1.29, 1.82) is 0 Å². The maximum atomic E-state index is 4.39. The van der Waals surface area contributed by atoms with Gasteiger partial charge in [0.25, 0.3) is 0 Å². The zero-order valence-electron chi connectivity index (χ0n) is 11.8. The van der Waals surface area contributed by atoms with Gasteiger partial charge in [0.2, 0.25) is 0 Å². The van der Waals surface area contributed by atoms with Crippen molar-refractivity contribution in [2.75, 3.05) is 39.0 Å². The number of rotatable bonds is 5. The number of anilines is 1. The van der Waals surface area contributed by atoms with E-state index in [1.807, 2.05) is 6.20 Å². The fourth-order valence-corrected chi connectivity index (χ4v) is 3.61. The van der Waals surface area contributed by atoms with Gasteiger partial charge in [0, 0.05) is 43.3 Å². The Morgan fingerprint density at radius 3 is 2.89 bits per heavy atom. The Labute approximate surface area is 114 Å².